The minimum absolute atomic E-state index is 0.0359. The summed E-state index contributed by atoms with van der Waals surface area (Å²) in [5.74, 6) is 0.586. The van der Waals surface area contributed by atoms with Crippen molar-refractivity contribution in [3.8, 4) is 0 Å². The van der Waals surface area contributed by atoms with Crippen LogP contribution >= 0.6 is 0 Å². The number of rotatable bonds is 4. The van der Waals surface area contributed by atoms with Crippen molar-refractivity contribution in [2.45, 2.75) is 32.7 Å². The van der Waals surface area contributed by atoms with Crippen molar-refractivity contribution in [2.75, 3.05) is 19.6 Å². The number of nitrogens with one attached hydrogen (secondary N) is 3. The monoisotopic (exact) mass is 199 g/mol. The van der Waals surface area contributed by atoms with Crippen LogP contribution < -0.4 is 16.0 Å². The number of amides is 2. The van der Waals surface area contributed by atoms with E-state index in [1.807, 2.05) is 6.92 Å². The molecule has 0 radical (unpaired) electrons. The fourth-order valence-corrected chi connectivity index (χ4v) is 1.72. The predicted molar refractivity (Wildman–Crippen MR) is 57.3 cm³/mol. The second kappa shape index (κ2) is 5.86. The van der Waals surface area contributed by atoms with Crippen LogP contribution in [-0.2, 0) is 0 Å². The zero-order chi connectivity index (χ0) is 10.4. The summed E-state index contributed by atoms with van der Waals surface area (Å²) in [5, 5.41) is 9.08. The van der Waals surface area contributed by atoms with Gasteiger partial charge in [0.1, 0.15) is 0 Å². The lowest BCUT2D eigenvalue weighted by molar-refractivity contribution is 0.233. The van der Waals surface area contributed by atoms with E-state index in [2.05, 4.69) is 22.9 Å². The Morgan fingerprint density at radius 2 is 2.43 bits per heavy atom. The second-order valence-electron chi connectivity index (χ2n) is 3.94. The van der Waals surface area contributed by atoms with E-state index in [4.69, 9.17) is 0 Å². The molecule has 2 atom stereocenters. The molecule has 1 aliphatic heterocycles. The number of hydrogen-bond acceptors (Lipinski definition) is 2. The molecular weight excluding hydrogens is 178 g/mol. The van der Waals surface area contributed by atoms with Gasteiger partial charge in [-0.1, -0.05) is 6.92 Å². The molecule has 1 aliphatic rings. The fraction of sp³-hybridized carbons (Fsp3) is 0.900. The molecule has 0 aromatic heterocycles. The van der Waals surface area contributed by atoms with Crippen LogP contribution in [-0.4, -0.2) is 31.7 Å². The van der Waals surface area contributed by atoms with E-state index in [0.717, 1.165) is 32.5 Å². The third-order valence-corrected chi connectivity index (χ3v) is 2.70. The van der Waals surface area contributed by atoms with Gasteiger partial charge in [0.25, 0.3) is 0 Å². The van der Waals surface area contributed by atoms with Crippen molar-refractivity contribution < 1.29 is 4.79 Å². The highest BCUT2D eigenvalue weighted by atomic mass is 16.2. The fourth-order valence-electron chi connectivity index (χ4n) is 1.72. The Balaban J connectivity index is 2.18. The zero-order valence-corrected chi connectivity index (χ0v) is 9.10. The molecule has 4 nitrogen and oxygen atoms in total. The molecule has 0 bridgehead atoms. The van der Waals surface area contributed by atoms with Crippen LogP contribution in [0.3, 0.4) is 0 Å². The maximum atomic E-state index is 11.3. The molecule has 14 heavy (non-hydrogen) atoms. The first-order valence-electron chi connectivity index (χ1n) is 5.49. The van der Waals surface area contributed by atoms with Crippen LogP contribution in [0.25, 0.3) is 0 Å². The molecule has 2 amide bonds. The van der Waals surface area contributed by atoms with Gasteiger partial charge in [-0.2, -0.15) is 0 Å². The van der Waals surface area contributed by atoms with Crippen LogP contribution in [0.4, 0.5) is 4.79 Å². The van der Waals surface area contributed by atoms with Crippen LogP contribution in [0.5, 0.6) is 0 Å². The van der Waals surface area contributed by atoms with Gasteiger partial charge in [0.05, 0.1) is 0 Å². The van der Waals surface area contributed by atoms with Gasteiger partial charge in [-0.25, -0.2) is 4.79 Å². The minimum atomic E-state index is -0.0359. The SMILES string of the molecule is CCCNC(=O)NC(C)C1CCNC1. The standard InChI is InChI=1S/C10H21N3O/c1-3-5-12-10(14)13-8(2)9-4-6-11-7-9/h8-9,11H,3-7H2,1-2H3,(H2,12,13,14). The number of hydrogen-bond donors (Lipinski definition) is 3. The van der Waals surface area contributed by atoms with Gasteiger partial charge in [0.15, 0.2) is 0 Å². The Labute approximate surface area is 85.8 Å². The van der Waals surface area contributed by atoms with Crippen LogP contribution in [0.1, 0.15) is 26.7 Å². The van der Waals surface area contributed by atoms with Crippen molar-refractivity contribution in [2.24, 2.45) is 5.92 Å². The lowest BCUT2D eigenvalue weighted by Crippen LogP contribution is -2.44. The van der Waals surface area contributed by atoms with E-state index in [-0.39, 0.29) is 12.1 Å². The topological polar surface area (TPSA) is 53.2 Å². The summed E-state index contributed by atoms with van der Waals surface area (Å²) in [6.07, 6.45) is 2.14. The number of urea groups is 1. The van der Waals surface area contributed by atoms with E-state index >= 15 is 0 Å². The van der Waals surface area contributed by atoms with Crippen LogP contribution in [0, 0.1) is 5.92 Å². The number of carbonyl (C=O) groups excluding carboxylic acids is 1. The molecule has 3 N–H and O–H groups in total. The summed E-state index contributed by atoms with van der Waals surface area (Å²) in [4.78, 5) is 11.3. The van der Waals surface area contributed by atoms with Crippen molar-refractivity contribution in [3.05, 3.63) is 0 Å². The maximum absolute atomic E-state index is 11.3. The highest BCUT2D eigenvalue weighted by Crippen LogP contribution is 2.11. The Kier molecular flexibility index (Phi) is 4.73. The Bertz CT molecular complexity index is 178. The smallest absolute Gasteiger partial charge is 0.315 e. The summed E-state index contributed by atoms with van der Waals surface area (Å²) >= 11 is 0. The summed E-state index contributed by atoms with van der Waals surface area (Å²) in [6.45, 7) is 6.97. The van der Waals surface area contributed by atoms with E-state index in [9.17, 15) is 4.79 Å². The molecule has 82 valence electrons. The summed E-state index contributed by atoms with van der Waals surface area (Å²) in [5.41, 5.74) is 0. The van der Waals surface area contributed by atoms with Gasteiger partial charge >= 0.3 is 6.03 Å². The van der Waals surface area contributed by atoms with Gasteiger partial charge in [-0.3, -0.25) is 0 Å². The molecule has 1 rings (SSSR count). The second-order valence-corrected chi connectivity index (χ2v) is 3.94. The molecule has 0 aromatic carbocycles. The largest absolute Gasteiger partial charge is 0.338 e. The lowest BCUT2D eigenvalue weighted by atomic mass is 10.0. The van der Waals surface area contributed by atoms with E-state index in [1.54, 1.807) is 0 Å². The predicted octanol–water partition coefficient (Wildman–Crippen LogP) is 0.694. The number of carbonyl (C=O) groups is 1. The normalized spacial score (nSPS) is 23.1. The average molecular weight is 199 g/mol. The molecule has 0 aromatic rings. The Hall–Kier alpha value is -0.770. The van der Waals surface area contributed by atoms with Crippen LogP contribution in [0.15, 0.2) is 0 Å². The molecule has 2 unspecified atom stereocenters. The first-order valence-corrected chi connectivity index (χ1v) is 5.49. The summed E-state index contributed by atoms with van der Waals surface area (Å²) in [7, 11) is 0. The molecule has 0 spiro atoms. The van der Waals surface area contributed by atoms with Crippen molar-refractivity contribution in [3.63, 3.8) is 0 Å². The molecule has 1 saturated heterocycles. The maximum Gasteiger partial charge on any atom is 0.315 e. The van der Waals surface area contributed by atoms with E-state index in [0.29, 0.717) is 5.92 Å². The third kappa shape index (κ3) is 3.54. The molecule has 1 heterocycles. The quantitative estimate of drug-likeness (QED) is 0.624. The summed E-state index contributed by atoms with van der Waals surface area (Å²) in [6, 6.07) is 0.230. The lowest BCUT2D eigenvalue weighted by Gasteiger charge is -2.19. The summed E-state index contributed by atoms with van der Waals surface area (Å²) < 4.78 is 0. The molecule has 0 aliphatic carbocycles. The van der Waals surface area contributed by atoms with Crippen LogP contribution in [0.2, 0.25) is 0 Å². The van der Waals surface area contributed by atoms with Gasteiger partial charge in [-0.05, 0) is 38.8 Å². The van der Waals surface area contributed by atoms with E-state index < -0.39 is 0 Å². The van der Waals surface area contributed by atoms with Crippen molar-refractivity contribution in [1.82, 2.24) is 16.0 Å². The zero-order valence-electron chi connectivity index (χ0n) is 9.10. The highest BCUT2D eigenvalue weighted by Gasteiger charge is 2.22. The highest BCUT2D eigenvalue weighted by molar-refractivity contribution is 5.74. The molecule has 0 saturated carbocycles. The first kappa shape index (κ1) is 11.3. The van der Waals surface area contributed by atoms with Gasteiger partial charge in [-0.15, -0.1) is 0 Å². The van der Waals surface area contributed by atoms with Gasteiger partial charge in [0.2, 0.25) is 0 Å². The van der Waals surface area contributed by atoms with E-state index in [1.165, 1.54) is 0 Å². The average Bonchev–Trinajstić information content (AvgIpc) is 2.67. The molecule has 1 fully saturated rings. The minimum Gasteiger partial charge on any atom is -0.338 e. The van der Waals surface area contributed by atoms with Crippen molar-refractivity contribution >= 4 is 6.03 Å². The van der Waals surface area contributed by atoms with Gasteiger partial charge < -0.3 is 16.0 Å². The third-order valence-electron chi connectivity index (χ3n) is 2.70. The Morgan fingerprint density at radius 1 is 1.64 bits per heavy atom. The first-order chi connectivity index (χ1) is 6.74. The van der Waals surface area contributed by atoms with Crippen molar-refractivity contribution in [1.29, 1.82) is 0 Å². The molecule has 4 heteroatoms. The molecular formula is C10H21N3O. The van der Waals surface area contributed by atoms with Gasteiger partial charge in [0, 0.05) is 12.6 Å². The Morgan fingerprint density at radius 3 is 3.00 bits per heavy atom.